The number of ether oxygens (including phenoxy) is 1. The van der Waals surface area contributed by atoms with Crippen LogP contribution in [0.2, 0.25) is 0 Å². The fourth-order valence-corrected chi connectivity index (χ4v) is 4.82. The lowest BCUT2D eigenvalue weighted by Gasteiger charge is -2.31. The predicted molar refractivity (Wildman–Crippen MR) is 118 cm³/mol. The van der Waals surface area contributed by atoms with Crippen LogP contribution in [0.1, 0.15) is 50.5 Å². The fraction of sp³-hybridized carbons (Fsp3) is 0.520. The van der Waals surface area contributed by atoms with E-state index in [1.54, 1.807) is 4.90 Å². The van der Waals surface area contributed by atoms with E-state index < -0.39 is 0 Å². The van der Waals surface area contributed by atoms with Crippen molar-refractivity contribution in [2.45, 2.75) is 63.0 Å². The highest BCUT2D eigenvalue weighted by Crippen LogP contribution is 2.31. The van der Waals surface area contributed by atoms with Gasteiger partial charge in [0.25, 0.3) is 0 Å². The molecule has 1 N–H and O–H groups in total. The van der Waals surface area contributed by atoms with Crippen molar-refractivity contribution in [1.29, 1.82) is 0 Å². The Hall–Kier alpha value is -2.40. The molecule has 0 saturated carbocycles. The molecule has 2 heterocycles. The van der Waals surface area contributed by atoms with E-state index in [0.717, 1.165) is 32.3 Å². The molecule has 2 aromatic carbocycles. The minimum atomic E-state index is -0.336. The van der Waals surface area contributed by atoms with E-state index in [1.165, 1.54) is 22.8 Å². The van der Waals surface area contributed by atoms with Gasteiger partial charge in [-0.25, -0.2) is 0 Å². The number of amides is 2. The highest BCUT2D eigenvalue weighted by Gasteiger charge is 2.38. The standard InChI is InChI=1S/C25H32N2O3/c1-27(18-22-8-4-5-15-30-22)24(29)12-14-25(13-11-23(28)26-25)17-19-9-10-20-6-2-3-7-21(20)16-19/h2-3,6-7,9-10,16,22H,4-5,8,11-15,17-18H2,1H3,(H,26,28)/t22-,25+/m0/s1. The second-order valence-electron chi connectivity index (χ2n) is 8.95. The maximum absolute atomic E-state index is 12.8. The summed E-state index contributed by atoms with van der Waals surface area (Å²) in [5.74, 6) is 0.218. The minimum absolute atomic E-state index is 0.0900. The van der Waals surface area contributed by atoms with E-state index in [9.17, 15) is 9.59 Å². The molecule has 0 radical (unpaired) electrons. The Bertz CT molecular complexity index is 906. The Labute approximate surface area is 178 Å². The molecule has 2 amide bonds. The molecule has 2 atom stereocenters. The van der Waals surface area contributed by atoms with Gasteiger partial charge in [-0.15, -0.1) is 0 Å². The van der Waals surface area contributed by atoms with Crippen LogP contribution in [0.3, 0.4) is 0 Å². The van der Waals surface area contributed by atoms with Crippen molar-refractivity contribution in [1.82, 2.24) is 10.2 Å². The van der Waals surface area contributed by atoms with Crippen molar-refractivity contribution in [3.63, 3.8) is 0 Å². The summed E-state index contributed by atoms with van der Waals surface area (Å²) in [5.41, 5.74) is 0.865. The second kappa shape index (κ2) is 9.17. The van der Waals surface area contributed by atoms with E-state index in [0.29, 0.717) is 25.8 Å². The van der Waals surface area contributed by atoms with Crippen molar-refractivity contribution in [3.8, 4) is 0 Å². The first-order valence-electron chi connectivity index (χ1n) is 11.2. The molecule has 0 bridgehead atoms. The SMILES string of the molecule is CN(C[C@@H]1CCCCO1)C(=O)CC[C@@]1(Cc2ccc3ccccc3c2)CCC(=O)N1. The van der Waals surface area contributed by atoms with Crippen molar-refractivity contribution in [3.05, 3.63) is 48.0 Å². The summed E-state index contributed by atoms with van der Waals surface area (Å²) in [4.78, 5) is 26.7. The van der Waals surface area contributed by atoms with Gasteiger partial charge in [-0.3, -0.25) is 9.59 Å². The zero-order valence-electron chi connectivity index (χ0n) is 17.9. The Morgan fingerprint density at radius 1 is 1.20 bits per heavy atom. The van der Waals surface area contributed by atoms with Crippen LogP contribution in [0.4, 0.5) is 0 Å². The summed E-state index contributed by atoms with van der Waals surface area (Å²) in [6, 6.07) is 14.8. The van der Waals surface area contributed by atoms with E-state index in [2.05, 4.69) is 35.6 Å². The third-order valence-electron chi connectivity index (χ3n) is 6.59. The van der Waals surface area contributed by atoms with E-state index in [4.69, 9.17) is 4.74 Å². The maximum Gasteiger partial charge on any atom is 0.222 e. The molecule has 2 aromatic rings. The molecular weight excluding hydrogens is 376 g/mol. The monoisotopic (exact) mass is 408 g/mol. The Morgan fingerprint density at radius 2 is 2.03 bits per heavy atom. The number of benzene rings is 2. The van der Waals surface area contributed by atoms with E-state index >= 15 is 0 Å². The van der Waals surface area contributed by atoms with Crippen molar-refractivity contribution in [2.24, 2.45) is 0 Å². The molecule has 2 aliphatic rings. The molecule has 2 saturated heterocycles. The maximum atomic E-state index is 12.8. The molecule has 2 aliphatic heterocycles. The Morgan fingerprint density at radius 3 is 2.77 bits per heavy atom. The van der Waals surface area contributed by atoms with Crippen molar-refractivity contribution in [2.75, 3.05) is 20.2 Å². The van der Waals surface area contributed by atoms with Crippen LogP contribution >= 0.6 is 0 Å². The lowest BCUT2D eigenvalue weighted by Crippen LogP contribution is -2.45. The number of nitrogens with one attached hydrogen (secondary N) is 1. The predicted octanol–water partition coefficient (Wildman–Crippen LogP) is 3.84. The van der Waals surface area contributed by atoms with Crippen LogP contribution in [-0.2, 0) is 20.7 Å². The molecule has 2 fully saturated rings. The van der Waals surface area contributed by atoms with Gasteiger partial charge in [-0.1, -0.05) is 42.5 Å². The number of hydrogen-bond donors (Lipinski definition) is 1. The highest BCUT2D eigenvalue weighted by atomic mass is 16.5. The van der Waals surface area contributed by atoms with Gasteiger partial charge in [0, 0.05) is 38.6 Å². The fourth-order valence-electron chi connectivity index (χ4n) is 4.82. The molecule has 0 aromatic heterocycles. The molecule has 5 heteroatoms. The van der Waals surface area contributed by atoms with Gasteiger partial charge in [0.2, 0.25) is 11.8 Å². The molecule has 0 spiro atoms. The summed E-state index contributed by atoms with van der Waals surface area (Å²) in [6.45, 7) is 1.45. The molecular formula is C25H32N2O3. The van der Waals surface area contributed by atoms with Crippen LogP contribution in [0.25, 0.3) is 10.8 Å². The number of carbonyl (C=O) groups excluding carboxylic acids is 2. The molecule has 160 valence electrons. The summed E-state index contributed by atoms with van der Waals surface area (Å²) in [6.07, 6.45) is 6.65. The van der Waals surface area contributed by atoms with Crippen LogP contribution in [0.15, 0.2) is 42.5 Å². The van der Waals surface area contributed by atoms with Crippen LogP contribution < -0.4 is 5.32 Å². The normalized spacial score (nSPS) is 24.0. The average molecular weight is 409 g/mol. The number of likely N-dealkylation sites (N-methyl/N-ethyl adjacent to an activating group) is 1. The topological polar surface area (TPSA) is 58.6 Å². The summed E-state index contributed by atoms with van der Waals surface area (Å²) >= 11 is 0. The average Bonchev–Trinajstić information content (AvgIpc) is 3.13. The summed E-state index contributed by atoms with van der Waals surface area (Å²) < 4.78 is 5.77. The first-order valence-corrected chi connectivity index (χ1v) is 11.2. The second-order valence-corrected chi connectivity index (χ2v) is 8.95. The molecule has 4 rings (SSSR count). The third kappa shape index (κ3) is 5.01. The molecule has 30 heavy (non-hydrogen) atoms. The van der Waals surface area contributed by atoms with E-state index in [-0.39, 0.29) is 23.5 Å². The zero-order chi connectivity index (χ0) is 21.0. The number of carbonyl (C=O) groups is 2. The molecule has 0 aliphatic carbocycles. The van der Waals surface area contributed by atoms with Gasteiger partial charge in [0.15, 0.2) is 0 Å². The number of nitrogens with zero attached hydrogens (tertiary/aromatic N) is 1. The van der Waals surface area contributed by atoms with Crippen molar-refractivity contribution < 1.29 is 14.3 Å². The first kappa shape index (κ1) is 20.9. The lowest BCUT2D eigenvalue weighted by atomic mass is 9.84. The zero-order valence-corrected chi connectivity index (χ0v) is 17.9. The molecule has 0 unspecified atom stereocenters. The number of fused-ring (bicyclic) bond motifs is 1. The van der Waals surface area contributed by atoms with Crippen LogP contribution in [0, 0.1) is 0 Å². The Balaban J connectivity index is 1.40. The summed E-state index contributed by atoms with van der Waals surface area (Å²) in [5, 5.41) is 5.63. The molecule has 5 nitrogen and oxygen atoms in total. The summed E-state index contributed by atoms with van der Waals surface area (Å²) in [7, 11) is 1.86. The highest BCUT2D eigenvalue weighted by molar-refractivity contribution is 5.83. The van der Waals surface area contributed by atoms with Gasteiger partial charge in [-0.05, 0) is 54.9 Å². The van der Waals surface area contributed by atoms with Gasteiger partial charge in [-0.2, -0.15) is 0 Å². The van der Waals surface area contributed by atoms with Crippen molar-refractivity contribution >= 4 is 22.6 Å². The first-order chi connectivity index (χ1) is 14.5. The van der Waals surface area contributed by atoms with Gasteiger partial charge in [0.1, 0.15) is 0 Å². The lowest BCUT2D eigenvalue weighted by molar-refractivity contribution is -0.133. The van der Waals surface area contributed by atoms with Gasteiger partial charge < -0.3 is 15.0 Å². The van der Waals surface area contributed by atoms with Gasteiger partial charge >= 0.3 is 0 Å². The third-order valence-corrected chi connectivity index (χ3v) is 6.59. The number of rotatable bonds is 7. The smallest absolute Gasteiger partial charge is 0.222 e. The quantitative estimate of drug-likeness (QED) is 0.757. The van der Waals surface area contributed by atoms with Crippen LogP contribution in [0.5, 0.6) is 0 Å². The Kier molecular flexibility index (Phi) is 6.38. The van der Waals surface area contributed by atoms with E-state index in [1.807, 2.05) is 19.2 Å². The minimum Gasteiger partial charge on any atom is -0.376 e. The largest absolute Gasteiger partial charge is 0.376 e. The van der Waals surface area contributed by atoms with Gasteiger partial charge in [0.05, 0.1) is 6.10 Å². The van der Waals surface area contributed by atoms with Crippen LogP contribution in [-0.4, -0.2) is 48.6 Å². The number of hydrogen-bond acceptors (Lipinski definition) is 3.